The number of pyridine rings is 2. The van der Waals surface area contributed by atoms with E-state index in [1.165, 1.54) is 12.1 Å². The molecule has 1 aliphatic rings. The van der Waals surface area contributed by atoms with Crippen molar-refractivity contribution in [1.82, 2.24) is 15.0 Å². The van der Waals surface area contributed by atoms with Gasteiger partial charge >= 0.3 is 0 Å². The monoisotopic (exact) mass is 341 g/mol. The van der Waals surface area contributed by atoms with Gasteiger partial charge in [0.05, 0.1) is 5.69 Å². The fourth-order valence-corrected chi connectivity index (χ4v) is 3.56. The van der Waals surface area contributed by atoms with Gasteiger partial charge < -0.3 is 4.98 Å². The van der Waals surface area contributed by atoms with Gasteiger partial charge in [-0.1, -0.05) is 12.1 Å². The van der Waals surface area contributed by atoms with E-state index in [1.54, 1.807) is 24.5 Å². The molecule has 0 aliphatic carbocycles. The van der Waals surface area contributed by atoms with E-state index in [1.807, 2.05) is 24.4 Å². The third kappa shape index (κ3) is 2.04. The first-order chi connectivity index (χ1) is 12.8. The molecule has 2 aromatic heterocycles. The molecule has 4 aromatic rings. The lowest BCUT2D eigenvalue weighted by Crippen LogP contribution is -1.98. The number of rotatable bonds is 3. The molecule has 124 valence electrons. The fourth-order valence-electron chi connectivity index (χ4n) is 3.56. The van der Waals surface area contributed by atoms with Crippen LogP contribution in [0.2, 0.25) is 0 Å². The van der Waals surface area contributed by atoms with Crippen LogP contribution < -0.4 is 0 Å². The zero-order valence-corrected chi connectivity index (χ0v) is 13.5. The number of hydrogen-bond donors (Lipinski definition) is 1. The summed E-state index contributed by atoms with van der Waals surface area (Å²) in [6, 6.07) is 12.0. The Labute approximate surface area is 148 Å². The minimum absolute atomic E-state index is 0.290. The molecule has 2 aromatic carbocycles. The van der Waals surface area contributed by atoms with Gasteiger partial charge in [0, 0.05) is 35.3 Å². The van der Waals surface area contributed by atoms with Crippen molar-refractivity contribution in [3.63, 3.8) is 0 Å². The van der Waals surface area contributed by atoms with Crippen LogP contribution in [-0.2, 0) is 0 Å². The maximum atomic E-state index is 13.5. The van der Waals surface area contributed by atoms with Crippen molar-refractivity contribution in [2.24, 2.45) is 0 Å². The number of aldehydes is 1. The third-order valence-corrected chi connectivity index (χ3v) is 4.68. The van der Waals surface area contributed by atoms with Crippen LogP contribution >= 0.6 is 0 Å². The van der Waals surface area contributed by atoms with Gasteiger partial charge in [0.2, 0.25) is 0 Å². The number of benzene rings is 2. The molecule has 26 heavy (non-hydrogen) atoms. The van der Waals surface area contributed by atoms with Gasteiger partial charge in [0.1, 0.15) is 11.6 Å². The van der Waals surface area contributed by atoms with Crippen LogP contribution in [0.25, 0.3) is 44.9 Å². The summed E-state index contributed by atoms with van der Waals surface area (Å²) in [5.74, 6) is 0.392. The van der Waals surface area contributed by atoms with Crippen LogP contribution in [-0.4, -0.2) is 21.2 Å². The highest BCUT2D eigenvalue weighted by atomic mass is 19.1. The molecule has 0 unspecified atom stereocenters. The Bertz CT molecular complexity index is 1150. The average Bonchev–Trinajstić information content (AvgIpc) is 3.31. The molecule has 0 saturated carbocycles. The quantitative estimate of drug-likeness (QED) is 0.482. The molecule has 3 heterocycles. The second kappa shape index (κ2) is 5.46. The molecule has 0 amide bonds. The molecule has 0 atom stereocenters. The summed E-state index contributed by atoms with van der Waals surface area (Å²) >= 11 is 0. The van der Waals surface area contributed by atoms with E-state index in [-0.39, 0.29) is 5.82 Å². The summed E-state index contributed by atoms with van der Waals surface area (Å²) in [7, 11) is 0. The van der Waals surface area contributed by atoms with Crippen molar-refractivity contribution in [3.8, 4) is 44.9 Å². The zero-order chi connectivity index (χ0) is 17.7. The molecule has 5 rings (SSSR count). The number of hydrogen-bond acceptors (Lipinski definition) is 3. The van der Waals surface area contributed by atoms with Crippen molar-refractivity contribution < 1.29 is 9.18 Å². The Morgan fingerprint density at radius 1 is 0.923 bits per heavy atom. The van der Waals surface area contributed by atoms with Crippen LogP contribution in [0.15, 0.2) is 61.1 Å². The average molecular weight is 341 g/mol. The smallest absolute Gasteiger partial charge is 0.150 e. The SMILES string of the molecule is O=Cc1cc(-c2ccncc2)c(-c2ccc(F)cc2)c2c1-c1nc-2c[nH]1. The number of nitrogens with zero attached hydrogens (tertiary/aromatic N) is 2. The lowest BCUT2D eigenvalue weighted by Gasteiger charge is -2.18. The highest BCUT2D eigenvalue weighted by molar-refractivity contribution is 6.08. The minimum atomic E-state index is -0.290. The third-order valence-electron chi connectivity index (χ3n) is 4.68. The predicted octanol–water partition coefficient (Wildman–Crippen LogP) is 4.74. The number of H-pyrrole nitrogens is 1. The molecular weight excluding hydrogens is 329 g/mol. The van der Waals surface area contributed by atoms with Gasteiger partial charge in [-0.3, -0.25) is 9.78 Å². The standard InChI is InChI=1S/C21H12FN3O/c22-15-3-1-13(2-4-15)18-16(12-5-7-23-8-6-12)9-14(11-26)19-20(18)17-10-24-21(19)25-17/h1-11H,(H,24,25). The molecule has 1 N–H and O–H groups in total. The largest absolute Gasteiger partial charge is 0.344 e. The van der Waals surface area contributed by atoms with Gasteiger partial charge in [0.25, 0.3) is 0 Å². The molecule has 0 fully saturated rings. The number of nitrogens with one attached hydrogen (secondary N) is 1. The van der Waals surface area contributed by atoms with Crippen LogP contribution in [0.4, 0.5) is 4.39 Å². The van der Waals surface area contributed by atoms with Gasteiger partial charge in [-0.2, -0.15) is 0 Å². The van der Waals surface area contributed by atoms with Crippen molar-refractivity contribution >= 4 is 6.29 Å². The van der Waals surface area contributed by atoms with E-state index in [9.17, 15) is 9.18 Å². The van der Waals surface area contributed by atoms with Crippen molar-refractivity contribution in [3.05, 3.63) is 72.4 Å². The van der Waals surface area contributed by atoms with Crippen LogP contribution in [0, 0.1) is 5.82 Å². The molecule has 4 nitrogen and oxygen atoms in total. The van der Waals surface area contributed by atoms with Crippen molar-refractivity contribution in [1.29, 1.82) is 0 Å². The van der Waals surface area contributed by atoms with E-state index < -0.39 is 0 Å². The Morgan fingerprint density at radius 3 is 2.42 bits per heavy atom. The minimum Gasteiger partial charge on any atom is -0.344 e. The second-order valence-corrected chi connectivity index (χ2v) is 6.13. The van der Waals surface area contributed by atoms with Crippen LogP contribution in [0.1, 0.15) is 10.4 Å². The lowest BCUT2D eigenvalue weighted by molar-refractivity contribution is 0.112. The molecule has 0 spiro atoms. The Kier molecular flexibility index (Phi) is 3.09. The van der Waals surface area contributed by atoms with Crippen molar-refractivity contribution in [2.75, 3.05) is 0 Å². The summed E-state index contributed by atoms with van der Waals surface area (Å²) in [5, 5.41) is 0. The Morgan fingerprint density at radius 2 is 1.69 bits per heavy atom. The zero-order valence-electron chi connectivity index (χ0n) is 13.5. The highest BCUT2D eigenvalue weighted by Crippen LogP contribution is 2.49. The van der Waals surface area contributed by atoms with E-state index in [2.05, 4.69) is 15.0 Å². The molecule has 2 bridgehead atoms. The summed E-state index contributed by atoms with van der Waals surface area (Å²) in [6.45, 7) is 0. The van der Waals surface area contributed by atoms with E-state index in [0.717, 1.165) is 45.4 Å². The maximum Gasteiger partial charge on any atom is 0.150 e. The van der Waals surface area contributed by atoms with E-state index in [0.29, 0.717) is 11.4 Å². The summed E-state index contributed by atoms with van der Waals surface area (Å²) < 4.78 is 13.5. The van der Waals surface area contributed by atoms with Gasteiger partial charge in [-0.25, -0.2) is 9.37 Å². The van der Waals surface area contributed by atoms with E-state index >= 15 is 0 Å². The summed E-state index contributed by atoms with van der Waals surface area (Å²) in [4.78, 5) is 23.5. The van der Waals surface area contributed by atoms with Crippen LogP contribution in [0.3, 0.4) is 0 Å². The Hall–Kier alpha value is -3.60. The molecule has 1 aliphatic heterocycles. The number of aromatic amines is 1. The van der Waals surface area contributed by atoms with Gasteiger partial charge in [-0.15, -0.1) is 0 Å². The second-order valence-electron chi connectivity index (χ2n) is 6.13. The number of fused-ring (bicyclic) bond motifs is 5. The number of halogens is 1. The Balaban J connectivity index is 1.90. The molecule has 0 radical (unpaired) electrons. The topological polar surface area (TPSA) is 58.6 Å². The molecule has 5 heteroatoms. The first-order valence-corrected chi connectivity index (χ1v) is 8.15. The number of carbonyl (C=O) groups excluding carboxylic acids is 1. The van der Waals surface area contributed by atoms with Crippen LogP contribution in [0.5, 0.6) is 0 Å². The fraction of sp³-hybridized carbons (Fsp3) is 0. The first-order valence-electron chi connectivity index (χ1n) is 8.15. The summed E-state index contributed by atoms with van der Waals surface area (Å²) in [5.41, 5.74) is 6.70. The van der Waals surface area contributed by atoms with Crippen molar-refractivity contribution in [2.45, 2.75) is 0 Å². The lowest BCUT2D eigenvalue weighted by atomic mass is 9.85. The predicted molar refractivity (Wildman–Crippen MR) is 97.0 cm³/mol. The first kappa shape index (κ1) is 14.7. The van der Waals surface area contributed by atoms with E-state index in [4.69, 9.17) is 0 Å². The molecule has 0 saturated heterocycles. The van der Waals surface area contributed by atoms with Gasteiger partial charge in [-0.05, 0) is 52.6 Å². The maximum absolute atomic E-state index is 13.5. The van der Waals surface area contributed by atoms with Gasteiger partial charge in [0.15, 0.2) is 6.29 Å². The summed E-state index contributed by atoms with van der Waals surface area (Å²) in [6.07, 6.45) is 6.10. The number of carbonyl (C=O) groups is 1. The highest BCUT2D eigenvalue weighted by Gasteiger charge is 2.29. The number of aromatic nitrogens is 3. The normalized spacial score (nSPS) is 11.4. The molecular formula is C21H12FN3O. The number of imidazole rings is 1.